The lowest BCUT2D eigenvalue weighted by Gasteiger charge is -2.35. The second-order valence-electron chi connectivity index (χ2n) is 15.6. The minimum atomic E-state index is -1.32. The highest BCUT2D eigenvalue weighted by molar-refractivity contribution is 6.38. The fourth-order valence-electron chi connectivity index (χ4n) is 7.45. The number of Topliss-reactive ketones (excluding diaryl/α,β-unsaturated/α-hetero) is 1. The number of halogens is 2. The van der Waals surface area contributed by atoms with Crippen LogP contribution in [0.4, 0.5) is 8.78 Å². The second-order valence-corrected chi connectivity index (χ2v) is 15.6. The Bertz CT molecular complexity index is 1760. The van der Waals surface area contributed by atoms with Gasteiger partial charge in [-0.1, -0.05) is 69.0 Å². The SMILES string of the molecule is CCCC(NC(=O)C1CC(OC(C)(C)C)CN1C(=O)C(NC(=O)c1c(F)cccc1F)C1CCCCC1)C(=O)C(=O)NCC(=O)NC(CC(N)=O)c1ccccc1. The second kappa shape index (κ2) is 20.3. The number of rotatable bonds is 17. The maximum Gasteiger partial charge on any atom is 0.290 e. The molecule has 1 aliphatic heterocycles. The molecule has 310 valence electrons. The number of benzene rings is 2. The molecule has 6 amide bonds. The number of amides is 6. The van der Waals surface area contributed by atoms with E-state index in [0.29, 0.717) is 24.8 Å². The molecular weight excluding hydrogens is 742 g/mol. The predicted octanol–water partition coefficient (Wildman–Crippen LogP) is 3.13. The first kappa shape index (κ1) is 44.5. The molecule has 1 aliphatic carbocycles. The molecular formula is C41H54F2N6O8. The molecule has 0 aromatic heterocycles. The van der Waals surface area contributed by atoms with Gasteiger partial charge in [0.05, 0.1) is 36.8 Å². The molecule has 4 rings (SSSR count). The zero-order valence-electron chi connectivity index (χ0n) is 32.9. The summed E-state index contributed by atoms with van der Waals surface area (Å²) in [7, 11) is 0. The summed E-state index contributed by atoms with van der Waals surface area (Å²) in [6, 6.07) is 7.10. The summed E-state index contributed by atoms with van der Waals surface area (Å²) in [6.45, 7) is 6.53. The van der Waals surface area contributed by atoms with Crippen LogP contribution in [-0.4, -0.2) is 89.0 Å². The zero-order chi connectivity index (χ0) is 41.9. The largest absolute Gasteiger partial charge is 0.371 e. The number of carbonyl (C=O) groups excluding carboxylic acids is 7. The van der Waals surface area contributed by atoms with Crippen molar-refractivity contribution in [2.24, 2.45) is 11.7 Å². The molecule has 1 saturated heterocycles. The monoisotopic (exact) mass is 796 g/mol. The van der Waals surface area contributed by atoms with Crippen molar-refractivity contribution in [3.05, 3.63) is 71.3 Å². The van der Waals surface area contributed by atoms with Crippen LogP contribution in [0.1, 0.15) is 107 Å². The summed E-state index contributed by atoms with van der Waals surface area (Å²) in [5.74, 6) is -8.55. The van der Waals surface area contributed by atoms with Crippen molar-refractivity contribution in [1.29, 1.82) is 0 Å². The van der Waals surface area contributed by atoms with Crippen LogP contribution in [0.2, 0.25) is 0 Å². The summed E-state index contributed by atoms with van der Waals surface area (Å²) < 4.78 is 35.5. The van der Waals surface area contributed by atoms with E-state index in [1.165, 1.54) is 4.90 Å². The van der Waals surface area contributed by atoms with E-state index in [2.05, 4.69) is 21.3 Å². The molecule has 5 unspecified atom stereocenters. The van der Waals surface area contributed by atoms with Crippen LogP contribution in [0.5, 0.6) is 0 Å². The molecule has 57 heavy (non-hydrogen) atoms. The van der Waals surface area contributed by atoms with Gasteiger partial charge in [-0.05, 0) is 63.6 Å². The Morgan fingerprint density at radius 1 is 0.895 bits per heavy atom. The van der Waals surface area contributed by atoms with Crippen LogP contribution in [0, 0.1) is 17.6 Å². The van der Waals surface area contributed by atoms with Gasteiger partial charge in [-0.2, -0.15) is 0 Å². The highest BCUT2D eigenvalue weighted by Crippen LogP contribution is 2.31. The molecule has 2 aromatic carbocycles. The molecule has 5 atom stereocenters. The highest BCUT2D eigenvalue weighted by Gasteiger charge is 2.46. The first-order chi connectivity index (χ1) is 27.0. The van der Waals surface area contributed by atoms with E-state index in [9.17, 15) is 42.3 Å². The lowest BCUT2D eigenvalue weighted by molar-refractivity contribution is -0.143. The van der Waals surface area contributed by atoms with Gasteiger partial charge in [-0.3, -0.25) is 33.6 Å². The number of primary amides is 1. The summed E-state index contributed by atoms with van der Waals surface area (Å²) in [5.41, 5.74) is 4.48. The number of hydrogen-bond acceptors (Lipinski definition) is 8. The number of ether oxygens (including phenoxy) is 1. The summed E-state index contributed by atoms with van der Waals surface area (Å²) in [6.07, 6.45) is 3.18. The van der Waals surface area contributed by atoms with Gasteiger partial charge < -0.3 is 36.6 Å². The third-order valence-electron chi connectivity index (χ3n) is 10.0. The van der Waals surface area contributed by atoms with E-state index in [1.54, 1.807) is 37.3 Å². The average molecular weight is 797 g/mol. The Balaban J connectivity index is 1.51. The van der Waals surface area contributed by atoms with Crippen LogP contribution in [-0.2, 0) is 33.5 Å². The van der Waals surface area contributed by atoms with Crippen LogP contribution < -0.4 is 27.0 Å². The maximum atomic E-state index is 14.7. The predicted molar refractivity (Wildman–Crippen MR) is 205 cm³/mol. The lowest BCUT2D eigenvalue weighted by Crippen LogP contribution is -2.58. The molecule has 0 spiro atoms. The van der Waals surface area contributed by atoms with Gasteiger partial charge in [0.15, 0.2) is 0 Å². The van der Waals surface area contributed by atoms with Crippen molar-refractivity contribution < 1.29 is 47.1 Å². The van der Waals surface area contributed by atoms with Crippen molar-refractivity contribution in [2.75, 3.05) is 13.1 Å². The van der Waals surface area contributed by atoms with Crippen molar-refractivity contribution in [3.8, 4) is 0 Å². The number of ketones is 1. The molecule has 2 aliphatic rings. The molecule has 2 aromatic rings. The van der Waals surface area contributed by atoms with Gasteiger partial charge in [0, 0.05) is 13.0 Å². The lowest BCUT2D eigenvalue weighted by atomic mass is 9.83. The Labute approximate surface area is 331 Å². The minimum Gasteiger partial charge on any atom is -0.371 e. The molecule has 0 radical (unpaired) electrons. The van der Waals surface area contributed by atoms with Gasteiger partial charge in [-0.25, -0.2) is 8.78 Å². The Morgan fingerprint density at radius 2 is 1.54 bits per heavy atom. The van der Waals surface area contributed by atoms with E-state index >= 15 is 0 Å². The molecule has 2 fully saturated rings. The smallest absolute Gasteiger partial charge is 0.290 e. The molecule has 6 N–H and O–H groups in total. The molecule has 0 bridgehead atoms. The Morgan fingerprint density at radius 3 is 2.14 bits per heavy atom. The molecule has 14 nitrogen and oxygen atoms in total. The van der Waals surface area contributed by atoms with E-state index in [4.69, 9.17) is 10.5 Å². The number of nitrogens with one attached hydrogen (secondary N) is 4. The van der Waals surface area contributed by atoms with Gasteiger partial charge in [0.25, 0.3) is 11.8 Å². The highest BCUT2D eigenvalue weighted by atomic mass is 19.1. The summed E-state index contributed by atoms with van der Waals surface area (Å²) >= 11 is 0. The van der Waals surface area contributed by atoms with E-state index in [-0.39, 0.29) is 31.7 Å². The van der Waals surface area contributed by atoms with Gasteiger partial charge in [0.2, 0.25) is 29.4 Å². The van der Waals surface area contributed by atoms with E-state index in [1.807, 2.05) is 20.8 Å². The number of hydrogen-bond donors (Lipinski definition) is 5. The van der Waals surface area contributed by atoms with Crippen LogP contribution in [0.15, 0.2) is 48.5 Å². The van der Waals surface area contributed by atoms with Gasteiger partial charge >= 0.3 is 0 Å². The number of likely N-dealkylation sites (tertiary alicyclic amines) is 1. The topological polar surface area (TPSA) is 206 Å². The molecule has 1 saturated carbocycles. The van der Waals surface area contributed by atoms with E-state index in [0.717, 1.165) is 37.5 Å². The summed E-state index contributed by atoms with van der Waals surface area (Å²) in [5, 5.41) is 10.1. The maximum absolute atomic E-state index is 14.7. The fraction of sp³-hybridized carbons (Fsp3) is 0.537. The quantitative estimate of drug-likeness (QED) is 0.150. The Kier molecular flexibility index (Phi) is 15.8. The number of nitrogens with zero attached hydrogens (tertiary/aromatic N) is 1. The summed E-state index contributed by atoms with van der Waals surface area (Å²) in [4.78, 5) is 94.2. The van der Waals surface area contributed by atoms with Crippen molar-refractivity contribution in [3.63, 3.8) is 0 Å². The zero-order valence-corrected chi connectivity index (χ0v) is 32.9. The van der Waals surface area contributed by atoms with Crippen LogP contribution >= 0.6 is 0 Å². The number of nitrogens with two attached hydrogens (primary N) is 1. The third-order valence-corrected chi connectivity index (χ3v) is 10.0. The molecule has 16 heteroatoms. The van der Waals surface area contributed by atoms with Crippen molar-refractivity contribution in [1.82, 2.24) is 26.2 Å². The molecule has 1 heterocycles. The van der Waals surface area contributed by atoms with Gasteiger partial charge in [-0.15, -0.1) is 0 Å². The van der Waals surface area contributed by atoms with E-state index < -0.39 is 101 Å². The van der Waals surface area contributed by atoms with Gasteiger partial charge in [0.1, 0.15) is 29.3 Å². The third kappa shape index (κ3) is 12.6. The van der Waals surface area contributed by atoms with Crippen molar-refractivity contribution >= 4 is 41.2 Å². The minimum absolute atomic E-state index is 0.0232. The number of carbonyl (C=O) groups is 7. The van der Waals surface area contributed by atoms with Crippen LogP contribution in [0.25, 0.3) is 0 Å². The van der Waals surface area contributed by atoms with Crippen LogP contribution in [0.3, 0.4) is 0 Å². The normalized spacial score (nSPS) is 18.8. The standard InChI is InChI=1S/C41H54F2N6O8/c1-5-13-29(36(52)39(55)45-22-33(51)46-30(21-32(44)50)24-14-8-6-9-15-24)47-37(53)31-20-26(57-41(2,3)4)23-49(31)40(56)35(25-16-10-7-11-17-25)48-38(54)34-27(42)18-12-19-28(34)43/h6,8-9,12,14-15,18-19,25-26,29-31,35H,5,7,10-11,13,16-17,20-23H2,1-4H3,(H2,44,50)(H,45,55)(H,46,51)(H,47,53)(H,48,54). The first-order valence-corrected chi connectivity index (χ1v) is 19.5. The fourth-order valence-corrected chi connectivity index (χ4v) is 7.45. The Hall–Kier alpha value is -5.25. The first-order valence-electron chi connectivity index (χ1n) is 19.5. The average Bonchev–Trinajstić information content (AvgIpc) is 3.58. The van der Waals surface area contributed by atoms with Crippen molar-refractivity contribution in [2.45, 2.75) is 121 Å².